The molecular formula is C21H24N2O5S. The minimum absolute atomic E-state index is 0.182. The van der Waals surface area contributed by atoms with Gasteiger partial charge in [0.05, 0.1) is 19.1 Å². The first-order valence-corrected chi connectivity index (χ1v) is 10.7. The average molecular weight is 416 g/mol. The maximum Gasteiger partial charge on any atom is 0.248 e. The third kappa shape index (κ3) is 4.96. The van der Waals surface area contributed by atoms with Gasteiger partial charge in [-0.3, -0.25) is 4.79 Å². The third-order valence-corrected chi connectivity index (χ3v) is 6.53. The van der Waals surface area contributed by atoms with Gasteiger partial charge in [0.25, 0.3) is 0 Å². The van der Waals surface area contributed by atoms with Crippen LogP contribution in [0.15, 0.2) is 53.4 Å². The van der Waals surface area contributed by atoms with Gasteiger partial charge in [-0.2, -0.15) is 4.31 Å². The Kier molecular flexibility index (Phi) is 6.56. The van der Waals surface area contributed by atoms with Crippen LogP contribution in [0, 0.1) is 0 Å². The first-order valence-electron chi connectivity index (χ1n) is 9.25. The lowest BCUT2D eigenvalue weighted by molar-refractivity contribution is -0.111. The Bertz CT molecular complexity index is 1010. The number of carbonyl (C=O) groups is 1. The molecule has 0 atom stereocenters. The maximum absolute atomic E-state index is 12.7. The summed E-state index contributed by atoms with van der Waals surface area (Å²) in [5.74, 6) is 0.801. The van der Waals surface area contributed by atoms with Crippen molar-refractivity contribution in [1.82, 2.24) is 4.31 Å². The van der Waals surface area contributed by atoms with Crippen molar-refractivity contribution in [3.05, 3.63) is 54.1 Å². The Labute approximate surface area is 171 Å². The predicted octanol–water partition coefficient (Wildman–Crippen LogP) is 3.14. The van der Waals surface area contributed by atoms with Crippen LogP contribution >= 0.6 is 0 Å². The number of anilines is 1. The number of methoxy groups -OCH3 is 2. The second-order valence-corrected chi connectivity index (χ2v) is 8.51. The summed E-state index contributed by atoms with van der Waals surface area (Å²) < 4.78 is 37.3. The van der Waals surface area contributed by atoms with Gasteiger partial charge in [-0.25, -0.2) is 8.42 Å². The second kappa shape index (κ2) is 9.11. The Hall–Kier alpha value is -2.84. The van der Waals surface area contributed by atoms with Crippen molar-refractivity contribution in [1.29, 1.82) is 0 Å². The molecule has 0 spiro atoms. The van der Waals surface area contributed by atoms with Crippen LogP contribution in [0.4, 0.5) is 5.69 Å². The molecule has 3 rings (SSSR count). The SMILES string of the molecule is COc1ccc(/C=C/C(=O)Nc2cccc(S(=O)(=O)N3CCCC3)c2)cc1OC. The standard InChI is InChI=1S/C21H24N2O5S/c1-27-19-10-8-16(14-20(19)28-2)9-11-21(24)22-17-6-5-7-18(15-17)29(25,26)23-12-3-4-13-23/h5-11,14-15H,3-4,12-13H2,1-2H3,(H,22,24)/b11-9+. The predicted molar refractivity (Wildman–Crippen MR) is 112 cm³/mol. The van der Waals surface area contributed by atoms with Crippen LogP contribution < -0.4 is 14.8 Å². The molecular weight excluding hydrogens is 392 g/mol. The number of sulfonamides is 1. The number of rotatable bonds is 7. The summed E-state index contributed by atoms with van der Waals surface area (Å²) in [6.07, 6.45) is 4.76. The lowest BCUT2D eigenvalue weighted by atomic mass is 10.2. The Balaban J connectivity index is 1.70. The first kappa shape index (κ1) is 20.9. The maximum atomic E-state index is 12.7. The van der Waals surface area contributed by atoms with Gasteiger partial charge in [-0.15, -0.1) is 0 Å². The molecule has 2 aromatic rings. The van der Waals surface area contributed by atoms with Gasteiger partial charge in [0.1, 0.15) is 0 Å². The number of nitrogens with one attached hydrogen (secondary N) is 1. The smallest absolute Gasteiger partial charge is 0.248 e. The van der Waals surface area contributed by atoms with E-state index >= 15 is 0 Å². The molecule has 0 aromatic heterocycles. The number of carbonyl (C=O) groups excluding carboxylic acids is 1. The van der Waals surface area contributed by atoms with Gasteiger partial charge in [-0.1, -0.05) is 12.1 Å². The monoisotopic (exact) mass is 416 g/mol. The number of amides is 1. The van der Waals surface area contributed by atoms with Crippen molar-refractivity contribution in [2.24, 2.45) is 0 Å². The number of ether oxygens (including phenoxy) is 2. The van der Waals surface area contributed by atoms with Crippen molar-refractivity contribution >= 4 is 27.7 Å². The van der Waals surface area contributed by atoms with Crippen LogP contribution in [0.1, 0.15) is 18.4 Å². The quantitative estimate of drug-likeness (QED) is 0.701. The van der Waals surface area contributed by atoms with E-state index in [1.807, 2.05) is 0 Å². The lowest BCUT2D eigenvalue weighted by Gasteiger charge is -2.16. The summed E-state index contributed by atoms with van der Waals surface area (Å²) in [6.45, 7) is 1.07. The number of nitrogens with zero attached hydrogens (tertiary/aromatic N) is 1. The molecule has 0 radical (unpaired) electrons. The van der Waals surface area contributed by atoms with Crippen LogP contribution in [0.25, 0.3) is 6.08 Å². The molecule has 0 bridgehead atoms. The van der Waals surface area contributed by atoms with Crippen LogP contribution in [0.2, 0.25) is 0 Å². The molecule has 2 aromatic carbocycles. The van der Waals surface area contributed by atoms with E-state index < -0.39 is 10.0 Å². The Morgan fingerprint density at radius 1 is 1.03 bits per heavy atom. The molecule has 29 heavy (non-hydrogen) atoms. The molecule has 0 saturated carbocycles. The summed E-state index contributed by atoms with van der Waals surface area (Å²) in [5, 5.41) is 2.70. The summed E-state index contributed by atoms with van der Waals surface area (Å²) in [7, 11) is -0.431. The minimum Gasteiger partial charge on any atom is -0.493 e. The highest BCUT2D eigenvalue weighted by Gasteiger charge is 2.27. The van der Waals surface area contributed by atoms with E-state index in [4.69, 9.17) is 9.47 Å². The third-order valence-electron chi connectivity index (χ3n) is 4.64. The van der Waals surface area contributed by atoms with Crippen LogP contribution in [-0.2, 0) is 14.8 Å². The highest BCUT2D eigenvalue weighted by molar-refractivity contribution is 7.89. The summed E-state index contributed by atoms with van der Waals surface area (Å²) in [5.41, 5.74) is 1.19. The van der Waals surface area contributed by atoms with Gasteiger partial charge in [-0.05, 0) is 54.8 Å². The van der Waals surface area contributed by atoms with Crippen LogP contribution in [0.5, 0.6) is 11.5 Å². The van der Waals surface area contributed by atoms with E-state index in [0.717, 1.165) is 18.4 Å². The normalized spacial score (nSPS) is 14.8. The molecule has 8 heteroatoms. The van der Waals surface area contributed by atoms with Gasteiger partial charge in [0.2, 0.25) is 15.9 Å². The lowest BCUT2D eigenvalue weighted by Crippen LogP contribution is -2.27. The van der Waals surface area contributed by atoms with Crippen LogP contribution in [0.3, 0.4) is 0 Å². The van der Waals surface area contributed by atoms with Gasteiger partial charge < -0.3 is 14.8 Å². The second-order valence-electron chi connectivity index (χ2n) is 6.58. The molecule has 154 valence electrons. The Morgan fingerprint density at radius 3 is 2.45 bits per heavy atom. The molecule has 1 saturated heterocycles. The molecule has 1 heterocycles. The fourth-order valence-electron chi connectivity index (χ4n) is 3.12. The molecule has 1 aliphatic heterocycles. The topological polar surface area (TPSA) is 84.9 Å². The molecule has 0 unspecified atom stereocenters. The molecule has 7 nitrogen and oxygen atoms in total. The number of benzene rings is 2. The molecule has 1 amide bonds. The van der Waals surface area contributed by atoms with E-state index in [1.165, 1.54) is 16.4 Å². The molecule has 1 N–H and O–H groups in total. The van der Waals surface area contributed by atoms with Crippen LogP contribution in [-0.4, -0.2) is 45.9 Å². The van der Waals surface area contributed by atoms with Gasteiger partial charge in [0.15, 0.2) is 11.5 Å². The number of hydrogen-bond acceptors (Lipinski definition) is 5. The Morgan fingerprint density at radius 2 is 1.76 bits per heavy atom. The highest BCUT2D eigenvalue weighted by atomic mass is 32.2. The van der Waals surface area contributed by atoms with Crippen molar-refractivity contribution in [2.45, 2.75) is 17.7 Å². The van der Waals surface area contributed by atoms with E-state index in [1.54, 1.807) is 56.7 Å². The zero-order chi connectivity index (χ0) is 20.9. The van der Waals surface area contributed by atoms with E-state index in [9.17, 15) is 13.2 Å². The zero-order valence-electron chi connectivity index (χ0n) is 16.4. The first-order chi connectivity index (χ1) is 13.9. The highest BCUT2D eigenvalue weighted by Crippen LogP contribution is 2.28. The summed E-state index contributed by atoms with van der Waals surface area (Å²) in [6, 6.07) is 11.6. The number of hydrogen-bond donors (Lipinski definition) is 1. The van der Waals surface area contributed by atoms with Crippen molar-refractivity contribution < 1.29 is 22.7 Å². The van der Waals surface area contributed by atoms with E-state index in [0.29, 0.717) is 30.3 Å². The molecule has 0 aliphatic carbocycles. The average Bonchev–Trinajstić information content (AvgIpc) is 3.28. The van der Waals surface area contributed by atoms with Crippen molar-refractivity contribution in [3.8, 4) is 11.5 Å². The van der Waals surface area contributed by atoms with E-state index in [2.05, 4.69) is 5.32 Å². The van der Waals surface area contributed by atoms with Gasteiger partial charge >= 0.3 is 0 Å². The van der Waals surface area contributed by atoms with Crippen molar-refractivity contribution in [2.75, 3.05) is 32.6 Å². The minimum atomic E-state index is -3.53. The molecule has 1 fully saturated rings. The van der Waals surface area contributed by atoms with Gasteiger partial charge in [0, 0.05) is 24.9 Å². The fourth-order valence-corrected chi connectivity index (χ4v) is 4.69. The van der Waals surface area contributed by atoms with E-state index in [-0.39, 0.29) is 10.8 Å². The van der Waals surface area contributed by atoms with Crippen molar-refractivity contribution in [3.63, 3.8) is 0 Å². The summed E-state index contributed by atoms with van der Waals surface area (Å²) in [4.78, 5) is 12.4. The summed E-state index contributed by atoms with van der Waals surface area (Å²) >= 11 is 0. The largest absolute Gasteiger partial charge is 0.493 e. The zero-order valence-corrected chi connectivity index (χ0v) is 17.2. The fraction of sp³-hybridized carbons (Fsp3) is 0.286. The molecule has 1 aliphatic rings.